The molecule has 0 radical (unpaired) electrons. The number of sulfonamides is 1. The van der Waals surface area contributed by atoms with Gasteiger partial charge < -0.3 is 4.74 Å². The maximum atomic E-state index is 13.8. The SMILES string of the molecule is N#C[C@H]1COCCN1S(=O)(=O)c1cccc(Cl)c1F. The van der Waals surface area contributed by atoms with Gasteiger partial charge in [-0.05, 0) is 12.1 Å². The first-order valence-corrected chi connectivity index (χ1v) is 7.23. The first-order valence-electron chi connectivity index (χ1n) is 5.41. The summed E-state index contributed by atoms with van der Waals surface area (Å²) in [5.41, 5.74) is 0. The highest BCUT2D eigenvalue weighted by atomic mass is 35.5. The first kappa shape index (κ1) is 14.2. The summed E-state index contributed by atoms with van der Waals surface area (Å²) >= 11 is 5.58. The van der Waals surface area contributed by atoms with Crippen LogP contribution in [0.4, 0.5) is 4.39 Å². The fraction of sp³-hybridized carbons (Fsp3) is 0.364. The Hall–Kier alpha value is -1.20. The van der Waals surface area contributed by atoms with Crippen LogP contribution in [-0.4, -0.2) is 38.5 Å². The molecule has 1 heterocycles. The fourth-order valence-electron chi connectivity index (χ4n) is 1.79. The molecule has 0 amide bonds. The monoisotopic (exact) mass is 304 g/mol. The Kier molecular flexibility index (Phi) is 4.06. The van der Waals surface area contributed by atoms with E-state index in [1.807, 2.05) is 6.07 Å². The Morgan fingerprint density at radius 3 is 2.95 bits per heavy atom. The lowest BCUT2D eigenvalue weighted by Gasteiger charge is -2.30. The standard InChI is InChI=1S/C11H10ClFN2O3S/c12-9-2-1-3-10(11(9)13)19(16,17)15-4-5-18-7-8(15)6-14/h1-3,8H,4-5,7H2/t8-/m0/s1. The van der Waals surface area contributed by atoms with Gasteiger partial charge in [-0.3, -0.25) is 0 Å². The van der Waals surface area contributed by atoms with Crippen molar-refractivity contribution >= 4 is 21.6 Å². The van der Waals surface area contributed by atoms with E-state index in [9.17, 15) is 12.8 Å². The van der Waals surface area contributed by atoms with Gasteiger partial charge in [-0.15, -0.1) is 0 Å². The molecule has 5 nitrogen and oxygen atoms in total. The number of nitrogens with zero attached hydrogens (tertiary/aromatic N) is 2. The highest BCUT2D eigenvalue weighted by Crippen LogP contribution is 2.26. The Morgan fingerprint density at radius 2 is 2.26 bits per heavy atom. The predicted molar refractivity (Wildman–Crippen MR) is 65.5 cm³/mol. The van der Waals surface area contributed by atoms with Crippen molar-refractivity contribution in [1.82, 2.24) is 4.31 Å². The van der Waals surface area contributed by atoms with E-state index < -0.39 is 26.8 Å². The molecule has 0 saturated carbocycles. The molecule has 1 aliphatic rings. The Balaban J connectivity index is 2.47. The van der Waals surface area contributed by atoms with Gasteiger partial charge in [-0.2, -0.15) is 9.57 Å². The molecule has 1 fully saturated rings. The lowest BCUT2D eigenvalue weighted by atomic mass is 10.3. The van der Waals surface area contributed by atoms with Crippen LogP contribution in [0, 0.1) is 17.1 Å². The molecule has 0 N–H and O–H groups in total. The largest absolute Gasteiger partial charge is 0.377 e. The van der Waals surface area contributed by atoms with Crippen molar-refractivity contribution in [1.29, 1.82) is 5.26 Å². The predicted octanol–water partition coefficient (Wildman–Crippen LogP) is 1.39. The number of halogens is 2. The van der Waals surface area contributed by atoms with Crippen molar-refractivity contribution in [3.8, 4) is 6.07 Å². The van der Waals surface area contributed by atoms with E-state index in [-0.39, 0.29) is 24.8 Å². The molecular weight excluding hydrogens is 295 g/mol. The van der Waals surface area contributed by atoms with Gasteiger partial charge in [-0.1, -0.05) is 17.7 Å². The maximum Gasteiger partial charge on any atom is 0.247 e. The number of hydrogen-bond acceptors (Lipinski definition) is 4. The molecule has 2 rings (SSSR count). The van der Waals surface area contributed by atoms with E-state index in [2.05, 4.69) is 0 Å². The highest BCUT2D eigenvalue weighted by Gasteiger charge is 2.36. The van der Waals surface area contributed by atoms with E-state index >= 15 is 0 Å². The van der Waals surface area contributed by atoms with Gasteiger partial charge >= 0.3 is 0 Å². The Bertz CT molecular complexity index is 629. The normalized spacial score (nSPS) is 21.0. The van der Waals surface area contributed by atoms with Crippen LogP contribution in [0.3, 0.4) is 0 Å². The third-order valence-corrected chi connectivity index (χ3v) is 4.95. The molecular formula is C11H10ClFN2O3S. The second-order valence-corrected chi connectivity index (χ2v) is 6.15. The van der Waals surface area contributed by atoms with Crippen LogP contribution < -0.4 is 0 Å². The smallest absolute Gasteiger partial charge is 0.247 e. The molecule has 102 valence electrons. The first-order chi connectivity index (χ1) is 8.98. The van der Waals surface area contributed by atoms with Gasteiger partial charge in [0.05, 0.1) is 24.3 Å². The zero-order valence-electron chi connectivity index (χ0n) is 9.71. The zero-order valence-corrected chi connectivity index (χ0v) is 11.3. The number of rotatable bonds is 2. The number of morpholine rings is 1. The van der Waals surface area contributed by atoms with Crippen LogP contribution in [0.25, 0.3) is 0 Å². The van der Waals surface area contributed by atoms with Crippen molar-refractivity contribution in [3.05, 3.63) is 29.0 Å². The second kappa shape index (κ2) is 5.43. The summed E-state index contributed by atoms with van der Waals surface area (Å²) in [6, 6.07) is 4.60. The molecule has 1 aromatic carbocycles. The van der Waals surface area contributed by atoms with E-state index in [1.54, 1.807) is 0 Å². The molecule has 0 aliphatic carbocycles. The lowest BCUT2D eigenvalue weighted by Crippen LogP contribution is -2.48. The van der Waals surface area contributed by atoms with E-state index in [1.165, 1.54) is 12.1 Å². The van der Waals surface area contributed by atoms with Crippen LogP contribution in [0.5, 0.6) is 0 Å². The van der Waals surface area contributed by atoms with Gasteiger partial charge in [0.1, 0.15) is 10.9 Å². The third kappa shape index (κ3) is 2.58. The van der Waals surface area contributed by atoms with Crippen molar-refractivity contribution in [3.63, 3.8) is 0 Å². The molecule has 1 atom stereocenters. The van der Waals surface area contributed by atoms with Crippen molar-refractivity contribution in [2.75, 3.05) is 19.8 Å². The zero-order chi connectivity index (χ0) is 14.0. The Labute approximate surface area is 115 Å². The van der Waals surface area contributed by atoms with Crippen molar-refractivity contribution < 1.29 is 17.5 Å². The summed E-state index contributed by atoms with van der Waals surface area (Å²) in [4.78, 5) is -0.526. The number of nitriles is 1. The van der Waals surface area contributed by atoms with Gasteiger partial charge in [-0.25, -0.2) is 12.8 Å². The summed E-state index contributed by atoms with van der Waals surface area (Å²) in [5, 5.41) is 8.66. The molecule has 0 spiro atoms. The molecule has 8 heteroatoms. The minimum atomic E-state index is -4.11. The summed E-state index contributed by atoms with van der Waals surface area (Å²) in [5.74, 6) is -1.01. The average Bonchev–Trinajstić information content (AvgIpc) is 2.41. The number of ether oxygens (including phenoxy) is 1. The Morgan fingerprint density at radius 1 is 1.53 bits per heavy atom. The van der Waals surface area contributed by atoms with Crippen molar-refractivity contribution in [2.45, 2.75) is 10.9 Å². The highest BCUT2D eigenvalue weighted by molar-refractivity contribution is 7.89. The van der Waals surface area contributed by atoms with Crippen molar-refractivity contribution in [2.24, 2.45) is 0 Å². The van der Waals surface area contributed by atoms with Crippen LogP contribution >= 0.6 is 11.6 Å². The quantitative estimate of drug-likeness (QED) is 0.828. The summed E-state index contributed by atoms with van der Waals surface area (Å²) in [7, 11) is -4.11. The molecule has 0 unspecified atom stereocenters. The van der Waals surface area contributed by atoms with Gasteiger partial charge in [0.2, 0.25) is 10.0 Å². The summed E-state index contributed by atoms with van der Waals surface area (Å²) in [6.07, 6.45) is 0. The van der Waals surface area contributed by atoms with E-state index in [4.69, 9.17) is 21.6 Å². The molecule has 0 bridgehead atoms. The van der Waals surface area contributed by atoms with Crippen LogP contribution in [-0.2, 0) is 14.8 Å². The van der Waals surface area contributed by atoms with Gasteiger partial charge in [0, 0.05) is 6.54 Å². The summed E-state index contributed by atoms with van der Waals surface area (Å²) < 4.78 is 44.5. The summed E-state index contributed by atoms with van der Waals surface area (Å²) in [6.45, 7) is 0.143. The van der Waals surface area contributed by atoms with Crippen LogP contribution in [0.1, 0.15) is 0 Å². The minimum absolute atomic E-state index is 0.00646. The van der Waals surface area contributed by atoms with Gasteiger partial charge in [0.15, 0.2) is 5.82 Å². The molecule has 19 heavy (non-hydrogen) atoms. The molecule has 1 aliphatic heterocycles. The van der Waals surface area contributed by atoms with E-state index in [0.29, 0.717) is 0 Å². The molecule has 1 saturated heterocycles. The average molecular weight is 305 g/mol. The number of benzene rings is 1. The van der Waals surface area contributed by atoms with Crippen LogP contribution in [0.15, 0.2) is 23.1 Å². The second-order valence-electron chi connectivity index (χ2n) is 3.89. The fourth-order valence-corrected chi connectivity index (χ4v) is 3.62. The van der Waals surface area contributed by atoms with Gasteiger partial charge in [0.25, 0.3) is 0 Å². The lowest BCUT2D eigenvalue weighted by molar-refractivity contribution is 0.0510. The molecule has 1 aromatic rings. The molecule has 0 aromatic heterocycles. The minimum Gasteiger partial charge on any atom is -0.377 e. The van der Waals surface area contributed by atoms with E-state index in [0.717, 1.165) is 10.4 Å². The number of hydrogen-bond donors (Lipinski definition) is 0. The maximum absolute atomic E-state index is 13.8. The van der Waals surface area contributed by atoms with Crippen LogP contribution in [0.2, 0.25) is 5.02 Å². The topological polar surface area (TPSA) is 70.4 Å². The third-order valence-electron chi connectivity index (χ3n) is 2.73.